The first-order chi connectivity index (χ1) is 8.52. The summed E-state index contributed by atoms with van der Waals surface area (Å²) >= 11 is 0. The van der Waals surface area contributed by atoms with Crippen LogP contribution in [0, 0.1) is 11.6 Å². The Bertz CT molecular complexity index is 393. The van der Waals surface area contributed by atoms with Gasteiger partial charge in [0.15, 0.2) is 0 Å². The van der Waals surface area contributed by atoms with Gasteiger partial charge in [0.25, 0.3) is 0 Å². The monoisotopic (exact) mass is 258 g/mol. The van der Waals surface area contributed by atoms with Crippen molar-refractivity contribution in [1.82, 2.24) is 0 Å². The van der Waals surface area contributed by atoms with Gasteiger partial charge in [-0.3, -0.25) is 0 Å². The van der Waals surface area contributed by atoms with E-state index in [1.165, 1.54) is 0 Å². The summed E-state index contributed by atoms with van der Waals surface area (Å²) in [5, 5.41) is 11.6. The molecule has 0 aliphatic carbocycles. The van der Waals surface area contributed by atoms with Crippen LogP contribution >= 0.6 is 0 Å². The zero-order valence-corrected chi connectivity index (χ0v) is 9.83. The van der Waals surface area contributed by atoms with Crippen LogP contribution in [-0.4, -0.2) is 23.7 Å². The molecule has 6 heteroatoms. The van der Waals surface area contributed by atoms with E-state index >= 15 is 0 Å². The number of carboxylic acids is 1. The molecule has 0 saturated heterocycles. The molecule has 0 spiro atoms. The van der Waals surface area contributed by atoms with Crippen molar-refractivity contribution >= 4 is 11.7 Å². The maximum atomic E-state index is 12.9. The predicted molar refractivity (Wildman–Crippen MR) is 64.3 cm³/mol. The number of benzene rings is 1. The SMILES string of the molecule is NCCCC[C@H](Nc1cc(F)cc(F)c1)C(=O)O. The molecule has 0 aliphatic rings. The number of unbranched alkanes of at least 4 members (excludes halogenated alkanes) is 1. The van der Waals surface area contributed by atoms with E-state index in [-0.39, 0.29) is 5.69 Å². The van der Waals surface area contributed by atoms with Gasteiger partial charge in [-0.15, -0.1) is 0 Å². The Labute approximate surface area is 104 Å². The molecule has 0 bridgehead atoms. The third-order valence-electron chi connectivity index (χ3n) is 2.45. The molecular weight excluding hydrogens is 242 g/mol. The van der Waals surface area contributed by atoms with Gasteiger partial charge < -0.3 is 16.2 Å². The number of anilines is 1. The van der Waals surface area contributed by atoms with Gasteiger partial charge >= 0.3 is 5.97 Å². The Morgan fingerprint density at radius 1 is 1.28 bits per heavy atom. The smallest absolute Gasteiger partial charge is 0.326 e. The minimum atomic E-state index is -1.06. The average Bonchev–Trinajstić information content (AvgIpc) is 2.26. The normalized spacial score (nSPS) is 12.2. The lowest BCUT2D eigenvalue weighted by molar-refractivity contribution is -0.138. The van der Waals surface area contributed by atoms with Crippen molar-refractivity contribution in [3.8, 4) is 0 Å². The van der Waals surface area contributed by atoms with E-state index in [2.05, 4.69) is 5.32 Å². The summed E-state index contributed by atoms with van der Waals surface area (Å²) in [5.41, 5.74) is 5.43. The number of nitrogens with two attached hydrogens (primary N) is 1. The lowest BCUT2D eigenvalue weighted by Gasteiger charge is -2.15. The number of rotatable bonds is 7. The molecule has 4 N–H and O–H groups in total. The zero-order valence-electron chi connectivity index (χ0n) is 9.83. The standard InChI is InChI=1S/C12H16F2N2O2/c13-8-5-9(14)7-10(6-8)16-11(12(17)18)3-1-2-4-15/h5-7,11,16H,1-4,15H2,(H,17,18)/t11-/m0/s1. The largest absolute Gasteiger partial charge is 0.480 e. The third-order valence-corrected chi connectivity index (χ3v) is 2.45. The van der Waals surface area contributed by atoms with Crippen molar-refractivity contribution in [1.29, 1.82) is 0 Å². The summed E-state index contributed by atoms with van der Waals surface area (Å²) in [6.07, 6.45) is 1.70. The highest BCUT2D eigenvalue weighted by atomic mass is 19.1. The zero-order chi connectivity index (χ0) is 13.5. The molecule has 18 heavy (non-hydrogen) atoms. The van der Waals surface area contributed by atoms with Gasteiger partial charge in [-0.1, -0.05) is 0 Å². The molecule has 1 rings (SSSR count). The Hall–Kier alpha value is -1.69. The number of hydrogen-bond acceptors (Lipinski definition) is 3. The summed E-state index contributed by atoms with van der Waals surface area (Å²) in [6.45, 7) is 0.487. The Morgan fingerprint density at radius 2 is 1.89 bits per heavy atom. The first kappa shape index (κ1) is 14.4. The second kappa shape index (κ2) is 6.90. The molecule has 1 atom stereocenters. The van der Waals surface area contributed by atoms with Crippen LogP contribution in [0.2, 0.25) is 0 Å². The molecule has 1 aromatic carbocycles. The van der Waals surface area contributed by atoms with E-state index in [0.717, 1.165) is 18.2 Å². The minimum Gasteiger partial charge on any atom is -0.480 e. The van der Waals surface area contributed by atoms with Gasteiger partial charge in [0, 0.05) is 11.8 Å². The molecule has 1 aromatic rings. The van der Waals surface area contributed by atoms with Crippen LogP contribution in [0.1, 0.15) is 19.3 Å². The van der Waals surface area contributed by atoms with Gasteiger partial charge in [-0.2, -0.15) is 0 Å². The van der Waals surface area contributed by atoms with Crippen LogP contribution in [0.15, 0.2) is 18.2 Å². The highest BCUT2D eigenvalue weighted by molar-refractivity contribution is 5.77. The van der Waals surface area contributed by atoms with Crippen molar-refractivity contribution in [2.24, 2.45) is 5.73 Å². The van der Waals surface area contributed by atoms with Crippen molar-refractivity contribution in [2.45, 2.75) is 25.3 Å². The molecule has 0 unspecified atom stereocenters. The van der Waals surface area contributed by atoms with Gasteiger partial charge in [-0.25, -0.2) is 13.6 Å². The Balaban J connectivity index is 2.67. The molecule has 4 nitrogen and oxygen atoms in total. The van der Waals surface area contributed by atoms with Crippen LogP contribution in [0.25, 0.3) is 0 Å². The Kier molecular flexibility index (Phi) is 5.51. The van der Waals surface area contributed by atoms with Crippen molar-refractivity contribution < 1.29 is 18.7 Å². The van der Waals surface area contributed by atoms with Crippen molar-refractivity contribution in [2.75, 3.05) is 11.9 Å². The first-order valence-electron chi connectivity index (χ1n) is 5.68. The highest BCUT2D eigenvalue weighted by Gasteiger charge is 2.17. The maximum Gasteiger partial charge on any atom is 0.326 e. The van der Waals surface area contributed by atoms with Gasteiger partial charge in [0.2, 0.25) is 0 Å². The first-order valence-corrected chi connectivity index (χ1v) is 5.68. The van der Waals surface area contributed by atoms with E-state index in [1.807, 2.05) is 0 Å². The third kappa shape index (κ3) is 4.67. The fraction of sp³-hybridized carbons (Fsp3) is 0.417. The van der Waals surface area contributed by atoms with Gasteiger partial charge in [0.05, 0.1) is 0 Å². The Morgan fingerprint density at radius 3 is 2.39 bits per heavy atom. The van der Waals surface area contributed by atoms with Gasteiger partial charge in [-0.05, 0) is 37.9 Å². The second-order valence-electron chi connectivity index (χ2n) is 3.98. The van der Waals surface area contributed by atoms with Crippen LogP contribution in [-0.2, 0) is 4.79 Å². The van der Waals surface area contributed by atoms with Crippen LogP contribution in [0.3, 0.4) is 0 Å². The molecule has 0 saturated carbocycles. The molecule has 0 amide bonds. The van der Waals surface area contributed by atoms with Gasteiger partial charge in [0.1, 0.15) is 17.7 Å². The van der Waals surface area contributed by atoms with E-state index < -0.39 is 23.6 Å². The summed E-state index contributed by atoms with van der Waals surface area (Å²) in [5.74, 6) is -2.55. The second-order valence-corrected chi connectivity index (χ2v) is 3.98. The van der Waals surface area contributed by atoms with Crippen LogP contribution < -0.4 is 11.1 Å². The lowest BCUT2D eigenvalue weighted by Crippen LogP contribution is -2.29. The van der Waals surface area contributed by atoms with E-state index in [1.54, 1.807) is 0 Å². The van der Waals surface area contributed by atoms with Crippen LogP contribution in [0.4, 0.5) is 14.5 Å². The number of halogens is 2. The van der Waals surface area contributed by atoms with E-state index in [4.69, 9.17) is 10.8 Å². The lowest BCUT2D eigenvalue weighted by atomic mass is 10.1. The molecule has 0 aromatic heterocycles. The quantitative estimate of drug-likeness (QED) is 0.653. The van der Waals surface area contributed by atoms with E-state index in [9.17, 15) is 13.6 Å². The minimum absolute atomic E-state index is 0.118. The highest BCUT2D eigenvalue weighted by Crippen LogP contribution is 2.15. The summed E-state index contributed by atoms with van der Waals surface area (Å²) in [6, 6.07) is 1.97. The molecular formula is C12H16F2N2O2. The fourth-order valence-corrected chi connectivity index (χ4v) is 1.59. The number of aliphatic carboxylic acids is 1. The van der Waals surface area contributed by atoms with Crippen molar-refractivity contribution in [3.05, 3.63) is 29.8 Å². The predicted octanol–water partition coefficient (Wildman–Crippen LogP) is 1.96. The van der Waals surface area contributed by atoms with E-state index in [0.29, 0.717) is 25.8 Å². The molecule has 0 heterocycles. The summed E-state index contributed by atoms with van der Waals surface area (Å²) < 4.78 is 25.9. The number of nitrogens with one attached hydrogen (secondary N) is 1. The fourth-order valence-electron chi connectivity index (χ4n) is 1.59. The maximum absolute atomic E-state index is 12.9. The summed E-state index contributed by atoms with van der Waals surface area (Å²) in [7, 11) is 0. The number of carboxylic acid groups (broad SMARTS) is 1. The topological polar surface area (TPSA) is 75.3 Å². The van der Waals surface area contributed by atoms with Crippen molar-refractivity contribution in [3.63, 3.8) is 0 Å². The molecule has 0 aliphatic heterocycles. The molecule has 0 fully saturated rings. The van der Waals surface area contributed by atoms with Crippen LogP contribution in [0.5, 0.6) is 0 Å². The molecule has 100 valence electrons. The average molecular weight is 258 g/mol. The summed E-state index contributed by atoms with van der Waals surface area (Å²) in [4.78, 5) is 11.0. The number of carbonyl (C=O) groups is 1. The number of hydrogen-bond donors (Lipinski definition) is 3. The molecule has 0 radical (unpaired) electrons.